The lowest BCUT2D eigenvalue weighted by Gasteiger charge is -2.03. The second-order valence-corrected chi connectivity index (χ2v) is 4.47. The Hall–Kier alpha value is -2.38. The second-order valence-electron chi connectivity index (χ2n) is 4.47. The van der Waals surface area contributed by atoms with Crippen LogP contribution in [0.15, 0.2) is 18.3 Å². The fraction of sp³-hybridized carbons (Fsp3) is 0.308. The number of benzene rings is 1. The smallest absolute Gasteiger partial charge is 0.303 e. The van der Waals surface area contributed by atoms with Crippen molar-refractivity contribution in [3.63, 3.8) is 0 Å². The van der Waals surface area contributed by atoms with Gasteiger partial charge in [0.1, 0.15) is 11.5 Å². The molecule has 0 fully saturated rings. The molecule has 0 radical (unpaired) electrons. The first kappa shape index (κ1) is 15.0. The number of aryl methyl sites for hydroxylation is 1. The molecule has 0 amide bonds. The van der Waals surface area contributed by atoms with Crippen molar-refractivity contribution in [3.8, 4) is 5.69 Å². The van der Waals surface area contributed by atoms with Crippen LogP contribution in [0.1, 0.15) is 25.0 Å². The van der Waals surface area contributed by atoms with E-state index in [0.29, 0.717) is 37.1 Å². The summed E-state index contributed by atoms with van der Waals surface area (Å²) in [4.78, 5) is 10.4. The van der Waals surface area contributed by atoms with Gasteiger partial charge in [-0.1, -0.05) is 5.21 Å². The predicted octanol–water partition coefficient (Wildman–Crippen LogP) is 2.48. The van der Waals surface area contributed by atoms with E-state index in [-0.39, 0.29) is 6.42 Å². The van der Waals surface area contributed by atoms with E-state index < -0.39 is 29.1 Å². The molecule has 0 saturated heterocycles. The number of carbonyl (C=O) groups is 1. The molecule has 0 bridgehead atoms. The molecule has 2 aromatic rings. The summed E-state index contributed by atoms with van der Waals surface area (Å²) in [6.07, 6.45) is 2.87. The first-order valence-electron chi connectivity index (χ1n) is 6.25. The largest absolute Gasteiger partial charge is 0.481 e. The third kappa shape index (κ3) is 3.80. The van der Waals surface area contributed by atoms with Crippen molar-refractivity contribution in [1.29, 1.82) is 0 Å². The molecule has 0 aliphatic heterocycles. The maximum absolute atomic E-state index is 13.6. The number of hydrogen-bond donors (Lipinski definition) is 1. The highest BCUT2D eigenvalue weighted by Gasteiger charge is 2.15. The van der Waals surface area contributed by atoms with E-state index in [2.05, 4.69) is 10.3 Å². The van der Waals surface area contributed by atoms with E-state index in [4.69, 9.17) is 5.11 Å². The molecule has 112 valence electrons. The Morgan fingerprint density at radius 2 is 1.86 bits per heavy atom. The van der Waals surface area contributed by atoms with Crippen LogP contribution < -0.4 is 0 Å². The highest BCUT2D eigenvalue weighted by molar-refractivity contribution is 5.66. The molecule has 0 atom stereocenters. The maximum Gasteiger partial charge on any atom is 0.303 e. The molecule has 0 saturated carbocycles. The summed E-state index contributed by atoms with van der Waals surface area (Å²) in [5.74, 6) is -4.04. The normalized spacial score (nSPS) is 10.8. The van der Waals surface area contributed by atoms with E-state index in [0.717, 1.165) is 4.68 Å². The van der Waals surface area contributed by atoms with Crippen molar-refractivity contribution < 1.29 is 23.1 Å². The average molecular weight is 299 g/mol. The van der Waals surface area contributed by atoms with E-state index in [9.17, 15) is 18.0 Å². The zero-order chi connectivity index (χ0) is 15.4. The van der Waals surface area contributed by atoms with Crippen LogP contribution in [0, 0.1) is 17.5 Å². The standard InChI is InChI=1S/C13H12F3N3O2/c14-8-5-10(15)13(11(16)6-8)19-7-9(17-18-19)3-1-2-4-12(20)21/h5-7H,1-4H2,(H,20,21). The van der Waals surface area contributed by atoms with Crippen molar-refractivity contribution in [2.45, 2.75) is 25.7 Å². The molecule has 8 heteroatoms. The first-order valence-corrected chi connectivity index (χ1v) is 6.25. The van der Waals surface area contributed by atoms with Gasteiger partial charge >= 0.3 is 5.97 Å². The minimum Gasteiger partial charge on any atom is -0.481 e. The molecule has 1 aromatic carbocycles. The van der Waals surface area contributed by atoms with E-state index in [1.165, 1.54) is 6.20 Å². The van der Waals surface area contributed by atoms with Crippen LogP contribution in [0.2, 0.25) is 0 Å². The van der Waals surface area contributed by atoms with Gasteiger partial charge in [0, 0.05) is 18.6 Å². The van der Waals surface area contributed by atoms with Gasteiger partial charge in [-0.25, -0.2) is 17.9 Å². The zero-order valence-corrected chi connectivity index (χ0v) is 10.9. The van der Waals surface area contributed by atoms with Gasteiger partial charge in [-0.3, -0.25) is 4.79 Å². The number of carboxylic acid groups (broad SMARTS) is 1. The predicted molar refractivity (Wildman–Crippen MR) is 66.4 cm³/mol. The molecule has 0 unspecified atom stereocenters. The van der Waals surface area contributed by atoms with Gasteiger partial charge in [-0.05, 0) is 19.3 Å². The monoisotopic (exact) mass is 299 g/mol. The van der Waals surface area contributed by atoms with Crippen LogP contribution in [0.25, 0.3) is 5.69 Å². The Labute approximate surface area is 118 Å². The number of unbranched alkanes of at least 4 members (excludes halogenated alkanes) is 1. The lowest BCUT2D eigenvalue weighted by molar-refractivity contribution is -0.137. The number of carboxylic acids is 1. The lowest BCUT2D eigenvalue weighted by Crippen LogP contribution is -2.03. The van der Waals surface area contributed by atoms with Gasteiger partial charge < -0.3 is 5.11 Å². The quantitative estimate of drug-likeness (QED) is 0.832. The minimum atomic E-state index is -1.07. The molecule has 1 aromatic heterocycles. The zero-order valence-electron chi connectivity index (χ0n) is 10.9. The number of nitrogens with zero attached hydrogens (tertiary/aromatic N) is 3. The second kappa shape index (κ2) is 6.38. The molecule has 0 spiro atoms. The fourth-order valence-electron chi connectivity index (χ4n) is 1.86. The van der Waals surface area contributed by atoms with Crippen molar-refractivity contribution in [2.24, 2.45) is 0 Å². The van der Waals surface area contributed by atoms with Crippen molar-refractivity contribution >= 4 is 5.97 Å². The Morgan fingerprint density at radius 1 is 1.19 bits per heavy atom. The van der Waals surface area contributed by atoms with E-state index >= 15 is 0 Å². The van der Waals surface area contributed by atoms with Gasteiger partial charge in [0.15, 0.2) is 11.6 Å². The Morgan fingerprint density at radius 3 is 2.48 bits per heavy atom. The summed E-state index contributed by atoms with van der Waals surface area (Å²) >= 11 is 0. The highest BCUT2D eigenvalue weighted by Crippen LogP contribution is 2.18. The summed E-state index contributed by atoms with van der Waals surface area (Å²) in [7, 11) is 0. The Bertz CT molecular complexity index is 635. The molecule has 2 rings (SSSR count). The summed E-state index contributed by atoms with van der Waals surface area (Å²) in [5.41, 5.74) is -0.0239. The summed E-state index contributed by atoms with van der Waals surface area (Å²) in [6, 6.07) is 1.12. The van der Waals surface area contributed by atoms with E-state index in [1.54, 1.807) is 0 Å². The molecule has 0 aliphatic rings. The minimum absolute atomic E-state index is 0.0509. The van der Waals surface area contributed by atoms with Gasteiger partial charge in [0.2, 0.25) is 0 Å². The van der Waals surface area contributed by atoms with Crippen LogP contribution >= 0.6 is 0 Å². The van der Waals surface area contributed by atoms with Crippen LogP contribution in [-0.4, -0.2) is 26.1 Å². The number of hydrogen-bond acceptors (Lipinski definition) is 3. The van der Waals surface area contributed by atoms with Crippen LogP contribution in [0.5, 0.6) is 0 Å². The molecule has 1 N–H and O–H groups in total. The van der Waals surface area contributed by atoms with Gasteiger partial charge in [0.05, 0.1) is 11.9 Å². The topological polar surface area (TPSA) is 68.0 Å². The molecule has 1 heterocycles. The molecular weight excluding hydrogens is 287 g/mol. The van der Waals surface area contributed by atoms with Crippen LogP contribution in [-0.2, 0) is 11.2 Å². The van der Waals surface area contributed by atoms with Gasteiger partial charge in [-0.15, -0.1) is 5.10 Å². The lowest BCUT2D eigenvalue weighted by atomic mass is 10.1. The fourth-order valence-corrected chi connectivity index (χ4v) is 1.86. The molecular formula is C13H12F3N3O2. The first-order chi connectivity index (χ1) is 9.97. The molecule has 0 aliphatic carbocycles. The number of aliphatic carboxylic acids is 1. The van der Waals surface area contributed by atoms with Gasteiger partial charge in [0.25, 0.3) is 0 Å². The van der Waals surface area contributed by atoms with Crippen molar-refractivity contribution in [2.75, 3.05) is 0 Å². The van der Waals surface area contributed by atoms with Crippen LogP contribution in [0.3, 0.4) is 0 Å². The summed E-state index contributed by atoms with van der Waals surface area (Å²) in [5, 5.41) is 15.9. The van der Waals surface area contributed by atoms with Gasteiger partial charge in [-0.2, -0.15) is 0 Å². The highest BCUT2D eigenvalue weighted by atomic mass is 19.1. The number of aromatic nitrogens is 3. The van der Waals surface area contributed by atoms with Crippen molar-refractivity contribution in [3.05, 3.63) is 41.5 Å². The third-order valence-corrected chi connectivity index (χ3v) is 2.83. The Kier molecular flexibility index (Phi) is 4.56. The average Bonchev–Trinajstić information content (AvgIpc) is 2.81. The SMILES string of the molecule is O=C(O)CCCCc1cn(-c2c(F)cc(F)cc2F)nn1. The van der Waals surface area contributed by atoms with Crippen molar-refractivity contribution in [1.82, 2.24) is 15.0 Å². The maximum atomic E-state index is 13.6. The third-order valence-electron chi connectivity index (χ3n) is 2.83. The number of rotatable bonds is 6. The summed E-state index contributed by atoms with van der Waals surface area (Å²) < 4.78 is 40.9. The number of halogens is 3. The Balaban J connectivity index is 2.08. The molecule has 21 heavy (non-hydrogen) atoms. The van der Waals surface area contributed by atoms with Crippen LogP contribution in [0.4, 0.5) is 13.2 Å². The molecule has 5 nitrogen and oxygen atoms in total. The summed E-state index contributed by atoms with van der Waals surface area (Å²) in [6.45, 7) is 0. The van der Waals surface area contributed by atoms with E-state index in [1.807, 2.05) is 0 Å².